The molecule has 0 aliphatic carbocycles. The molecule has 0 bridgehead atoms. The molecule has 154 valence electrons. The Hall–Kier alpha value is -4.24. The van der Waals surface area contributed by atoms with E-state index in [1.807, 2.05) is 18.2 Å². The molecule has 0 fully saturated rings. The molecule has 2 nitrogen and oxygen atoms in total. The lowest BCUT2D eigenvalue weighted by Crippen LogP contribution is -2.57. The number of para-hydroxylation sites is 2. The molecule has 2 aliphatic heterocycles. The van der Waals surface area contributed by atoms with Crippen LogP contribution >= 0.6 is 0 Å². The van der Waals surface area contributed by atoms with E-state index in [4.69, 9.17) is 9.47 Å². The van der Waals surface area contributed by atoms with Crippen LogP contribution in [0.25, 0.3) is 22.3 Å². The standard InChI is InChI=1S/C30H19BO2/c1-2-10-20(11-3-1)21-12-4-5-13-22(21)23-18-19-28-29-30(23)33-27-17-9-7-15-25(27)31(29)24-14-6-8-16-26(24)32-28/h1-19H. The first kappa shape index (κ1) is 18.3. The molecule has 3 heteroatoms. The Kier molecular flexibility index (Phi) is 3.97. The lowest BCUT2D eigenvalue weighted by Gasteiger charge is -2.34. The molecule has 0 spiro atoms. The van der Waals surface area contributed by atoms with E-state index in [0.29, 0.717) is 0 Å². The van der Waals surface area contributed by atoms with Gasteiger partial charge in [-0.25, -0.2) is 0 Å². The predicted octanol–water partition coefficient (Wildman–Crippen LogP) is 5.75. The number of fused-ring (bicyclic) bond motifs is 4. The van der Waals surface area contributed by atoms with Crippen molar-refractivity contribution >= 4 is 23.1 Å². The highest BCUT2D eigenvalue weighted by molar-refractivity contribution is 6.98. The zero-order valence-electron chi connectivity index (χ0n) is 17.9. The molecule has 0 unspecified atom stereocenters. The summed E-state index contributed by atoms with van der Waals surface area (Å²) < 4.78 is 13.0. The lowest BCUT2D eigenvalue weighted by atomic mass is 9.34. The van der Waals surface area contributed by atoms with Crippen molar-refractivity contribution in [3.8, 4) is 45.3 Å². The van der Waals surface area contributed by atoms with E-state index in [1.54, 1.807) is 0 Å². The molecular formula is C30H19BO2. The first-order chi connectivity index (χ1) is 16.4. The smallest absolute Gasteiger partial charge is 0.260 e. The highest BCUT2D eigenvalue weighted by Crippen LogP contribution is 2.43. The SMILES string of the molecule is c1ccc(-c2ccccc2-c2ccc3c4c2Oc2ccccc2B4c2ccccc2O3)cc1. The molecule has 0 amide bonds. The van der Waals surface area contributed by atoms with Crippen LogP contribution in [-0.2, 0) is 0 Å². The first-order valence-corrected chi connectivity index (χ1v) is 11.2. The second-order valence-electron chi connectivity index (χ2n) is 8.48. The number of hydrogen-bond acceptors (Lipinski definition) is 2. The van der Waals surface area contributed by atoms with Crippen molar-refractivity contribution in [2.45, 2.75) is 0 Å². The van der Waals surface area contributed by atoms with Crippen molar-refractivity contribution in [2.75, 3.05) is 0 Å². The normalized spacial score (nSPS) is 12.7. The average molecular weight is 422 g/mol. The van der Waals surface area contributed by atoms with Gasteiger partial charge in [0.1, 0.15) is 23.0 Å². The Morgan fingerprint density at radius 2 is 1.03 bits per heavy atom. The Morgan fingerprint density at radius 1 is 0.424 bits per heavy atom. The van der Waals surface area contributed by atoms with Crippen molar-refractivity contribution in [1.29, 1.82) is 0 Å². The number of ether oxygens (including phenoxy) is 2. The van der Waals surface area contributed by atoms with Gasteiger partial charge < -0.3 is 9.47 Å². The van der Waals surface area contributed by atoms with Crippen molar-refractivity contribution in [1.82, 2.24) is 0 Å². The molecule has 5 aromatic rings. The highest BCUT2D eigenvalue weighted by Gasteiger charge is 2.40. The maximum atomic E-state index is 6.64. The second kappa shape index (κ2) is 7.14. The van der Waals surface area contributed by atoms with Crippen LogP contribution in [0.5, 0.6) is 23.0 Å². The van der Waals surface area contributed by atoms with Gasteiger partial charge in [-0.05, 0) is 51.9 Å². The minimum absolute atomic E-state index is 0.0775. The van der Waals surface area contributed by atoms with Crippen molar-refractivity contribution in [3.63, 3.8) is 0 Å². The van der Waals surface area contributed by atoms with Gasteiger partial charge in [-0.15, -0.1) is 0 Å². The molecule has 2 aliphatic rings. The maximum Gasteiger partial charge on any atom is 0.260 e. The van der Waals surface area contributed by atoms with Gasteiger partial charge in [0.15, 0.2) is 0 Å². The summed E-state index contributed by atoms with van der Waals surface area (Å²) in [6, 6.07) is 40.0. The topological polar surface area (TPSA) is 18.5 Å². The maximum absolute atomic E-state index is 6.64. The van der Waals surface area contributed by atoms with Crippen molar-refractivity contribution < 1.29 is 9.47 Å². The van der Waals surface area contributed by atoms with E-state index >= 15 is 0 Å². The summed E-state index contributed by atoms with van der Waals surface area (Å²) in [5, 5.41) is 0. The third-order valence-corrected chi connectivity index (χ3v) is 6.64. The Bertz CT molecular complexity index is 1510. The van der Waals surface area contributed by atoms with E-state index in [1.165, 1.54) is 22.1 Å². The molecule has 0 saturated heterocycles. The highest BCUT2D eigenvalue weighted by atomic mass is 16.5. The van der Waals surface area contributed by atoms with E-state index in [9.17, 15) is 0 Å². The number of hydrogen-bond donors (Lipinski definition) is 0. The van der Waals surface area contributed by atoms with Crippen LogP contribution in [-0.4, -0.2) is 6.71 Å². The number of benzene rings is 5. The van der Waals surface area contributed by atoms with E-state index in [-0.39, 0.29) is 6.71 Å². The summed E-state index contributed by atoms with van der Waals surface area (Å²) in [4.78, 5) is 0. The average Bonchev–Trinajstić information content (AvgIpc) is 2.89. The van der Waals surface area contributed by atoms with Gasteiger partial charge >= 0.3 is 0 Å². The van der Waals surface area contributed by atoms with Crippen LogP contribution in [0.4, 0.5) is 0 Å². The Morgan fingerprint density at radius 3 is 1.79 bits per heavy atom. The van der Waals surface area contributed by atoms with Crippen molar-refractivity contribution in [2.24, 2.45) is 0 Å². The van der Waals surface area contributed by atoms with E-state index in [0.717, 1.165) is 39.6 Å². The van der Waals surface area contributed by atoms with Gasteiger partial charge in [-0.3, -0.25) is 0 Å². The quantitative estimate of drug-likeness (QED) is 0.331. The molecular weight excluding hydrogens is 403 g/mol. The molecule has 0 N–H and O–H groups in total. The predicted molar refractivity (Wildman–Crippen MR) is 135 cm³/mol. The van der Waals surface area contributed by atoms with Gasteiger partial charge in [0.2, 0.25) is 0 Å². The molecule has 0 atom stereocenters. The summed E-state index contributed by atoms with van der Waals surface area (Å²) in [6.45, 7) is 0.0775. The van der Waals surface area contributed by atoms with Crippen LogP contribution in [0.3, 0.4) is 0 Å². The van der Waals surface area contributed by atoms with Gasteiger partial charge in [-0.2, -0.15) is 0 Å². The van der Waals surface area contributed by atoms with Crippen LogP contribution < -0.4 is 25.9 Å². The zero-order chi connectivity index (χ0) is 21.8. The molecule has 33 heavy (non-hydrogen) atoms. The molecule has 5 aromatic carbocycles. The fraction of sp³-hybridized carbons (Fsp3) is 0. The molecule has 0 aromatic heterocycles. The lowest BCUT2D eigenvalue weighted by molar-refractivity contribution is 0.465. The number of rotatable bonds is 2. The summed E-state index contributed by atoms with van der Waals surface area (Å²) in [6.07, 6.45) is 0. The van der Waals surface area contributed by atoms with E-state index in [2.05, 4.69) is 97.1 Å². The minimum Gasteiger partial charge on any atom is -0.458 e. The summed E-state index contributed by atoms with van der Waals surface area (Å²) in [5.41, 5.74) is 8.06. The zero-order valence-corrected chi connectivity index (χ0v) is 17.9. The molecule has 0 saturated carbocycles. The minimum atomic E-state index is 0.0775. The van der Waals surface area contributed by atoms with Crippen LogP contribution in [0.15, 0.2) is 115 Å². The third-order valence-electron chi connectivity index (χ3n) is 6.64. The molecule has 7 rings (SSSR count). The summed E-state index contributed by atoms with van der Waals surface area (Å²) in [5.74, 6) is 3.57. The van der Waals surface area contributed by atoms with Crippen molar-refractivity contribution in [3.05, 3.63) is 115 Å². The molecule has 0 radical (unpaired) electrons. The van der Waals surface area contributed by atoms with Gasteiger partial charge in [-0.1, -0.05) is 91.0 Å². The monoisotopic (exact) mass is 422 g/mol. The Balaban J connectivity index is 1.51. The first-order valence-electron chi connectivity index (χ1n) is 11.2. The van der Waals surface area contributed by atoms with Gasteiger partial charge in [0, 0.05) is 11.0 Å². The Labute approximate surface area is 193 Å². The third kappa shape index (κ3) is 2.76. The van der Waals surface area contributed by atoms with Crippen LogP contribution in [0.2, 0.25) is 0 Å². The fourth-order valence-electron chi connectivity index (χ4n) is 5.18. The second-order valence-corrected chi connectivity index (χ2v) is 8.48. The van der Waals surface area contributed by atoms with Crippen LogP contribution in [0.1, 0.15) is 0 Å². The van der Waals surface area contributed by atoms with Gasteiger partial charge in [0.25, 0.3) is 6.71 Å². The fourth-order valence-corrected chi connectivity index (χ4v) is 5.18. The molecule has 2 heterocycles. The summed E-state index contributed by atoms with van der Waals surface area (Å²) in [7, 11) is 0. The van der Waals surface area contributed by atoms with Crippen LogP contribution in [0, 0.1) is 0 Å². The van der Waals surface area contributed by atoms with Gasteiger partial charge in [0.05, 0.1) is 0 Å². The largest absolute Gasteiger partial charge is 0.458 e. The summed E-state index contributed by atoms with van der Waals surface area (Å²) >= 11 is 0. The van der Waals surface area contributed by atoms with E-state index < -0.39 is 0 Å².